The Kier molecular flexibility index (Phi) is 4.72. The van der Waals surface area contributed by atoms with Crippen molar-refractivity contribution in [1.29, 1.82) is 0 Å². The number of alkyl halides is 2. The number of carbonyl (C=O) groups excluding carboxylic acids is 1. The number of hydrogen-bond acceptors (Lipinski definition) is 3. The van der Waals surface area contributed by atoms with Crippen molar-refractivity contribution >= 4 is 29.3 Å². The highest BCUT2D eigenvalue weighted by atomic mass is 35.5. The van der Waals surface area contributed by atoms with Crippen LogP contribution in [0, 0.1) is 6.92 Å². The van der Waals surface area contributed by atoms with Gasteiger partial charge in [0.15, 0.2) is 0 Å². The second-order valence-electron chi connectivity index (χ2n) is 5.36. The van der Waals surface area contributed by atoms with E-state index in [9.17, 15) is 13.6 Å². The van der Waals surface area contributed by atoms with E-state index in [1.807, 2.05) is 31.2 Å². The van der Waals surface area contributed by atoms with Crippen molar-refractivity contribution in [3.63, 3.8) is 0 Å². The molecule has 0 bridgehead atoms. The zero-order valence-corrected chi connectivity index (χ0v) is 12.8. The minimum atomic E-state index is -2.81. The van der Waals surface area contributed by atoms with Gasteiger partial charge in [-0.2, -0.15) is 0 Å². The number of amides is 1. The average molecular weight is 331 g/mol. The lowest BCUT2D eigenvalue weighted by molar-refractivity contribution is -0.123. The van der Waals surface area contributed by atoms with Gasteiger partial charge in [-0.1, -0.05) is 18.2 Å². The smallest absolute Gasteiger partial charge is 0.262 e. The fourth-order valence-electron chi connectivity index (χ4n) is 2.59. The van der Waals surface area contributed by atoms with Crippen LogP contribution in [0.4, 0.5) is 8.78 Å². The van der Waals surface area contributed by atoms with Gasteiger partial charge in [-0.05, 0) is 13.0 Å². The molecule has 120 valence electrons. The number of aryl methyl sites for hydroxylation is 1. The fraction of sp³-hybridized carbons (Fsp3) is 0.400. The second-order valence-corrected chi connectivity index (χ2v) is 5.36. The molecule has 1 aliphatic rings. The standard InChI is InChI=1S/C15H16F2N2O2.ClH/c1-9-10-4-2-3-5-12(10)21-13(9)7-18-14(20)11-6-15(16,17)8-19-11;/h2-5,11,19H,6-8H2,1H3,(H,18,20);1H. The highest BCUT2D eigenvalue weighted by molar-refractivity contribution is 5.85. The molecule has 7 heteroatoms. The van der Waals surface area contributed by atoms with Crippen LogP contribution >= 0.6 is 12.4 Å². The first-order chi connectivity index (χ1) is 9.96. The lowest BCUT2D eigenvalue weighted by Gasteiger charge is -2.10. The Hall–Kier alpha value is -1.66. The summed E-state index contributed by atoms with van der Waals surface area (Å²) in [6.07, 6.45) is -0.460. The van der Waals surface area contributed by atoms with Crippen LogP contribution in [0.1, 0.15) is 17.7 Å². The first-order valence-electron chi connectivity index (χ1n) is 6.82. The third-order valence-corrected chi connectivity index (χ3v) is 3.79. The van der Waals surface area contributed by atoms with Gasteiger partial charge in [-0.3, -0.25) is 10.1 Å². The molecule has 1 aromatic heterocycles. The summed E-state index contributed by atoms with van der Waals surface area (Å²) in [6, 6.07) is 6.74. The van der Waals surface area contributed by atoms with Gasteiger partial charge in [0.25, 0.3) is 5.92 Å². The summed E-state index contributed by atoms with van der Waals surface area (Å²) in [6.45, 7) is 1.66. The van der Waals surface area contributed by atoms with Crippen molar-refractivity contribution in [2.24, 2.45) is 0 Å². The second kappa shape index (κ2) is 6.22. The van der Waals surface area contributed by atoms with Crippen molar-refractivity contribution in [3.05, 3.63) is 35.6 Å². The zero-order valence-electron chi connectivity index (χ0n) is 12.0. The third-order valence-electron chi connectivity index (χ3n) is 3.79. The van der Waals surface area contributed by atoms with Gasteiger partial charge >= 0.3 is 0 Å². The molecule has 2 aromatic rings. The van der Waals surface area contributed by atoms with E-state index >= 15 is 0 Å². The number of carbonyl (C=O) groups is 1. The Bertz CT molecular complexity index is 687. The molecule has 1 atom stereocenters. The summed E-state index contributed by atoms with van der Waals surface area (Å²) in [5.41, 5.74) is 1.71. The number of furan rings is 1. The summed E-state index contributed by atoms with van der Waals surface area (Å²) in [4.78, 5) is 11.9. The van der Waals surface area contributed by atoms with Crippen molar-refractivity contribution in [3.8, 4) is 0 Å². The number of benzene rings is 1. The molecule has 1 amide bonds. The van der Waals surface area contributed by atoms with Crippen LogP contribution in [-0.4, -0.2) is 24.4 Å². The molecule has 0 spiro atoms. The monoisotopic (exact) mass is 330 g/mol. The van der Waals surface area contributed by atoms with Crippen LogP contribution in [0.2, 0.25) is 0 Å². The van der Waals surface area contributed by atoms with Gasteiger partial charge in [0, 0.05) is 17.4 Å². The molecule has 0 saturated carbocycles. The maximum absolute atomic E-state index is 13.1. The van der Waals surface area contributed by atoms with E-state index in [1.54, 1.807) is 0 Å². The highest BCUT2D eigenvalue weighted by Gasteiger charge is 2.42. The Morgan fingerprint density at radius 3 is 2.82 bits per heavy atom. The van der Waals surface area contributed by atoms with Crippen molar-refractivity contribution < 1.29 is 18.0 Å². The van der Waals surface area contributed by atoms with Gasteiger partial charge in [0.2, 0.25) is 5.91 Å². The number of fused-ring (bicyclic) bond motifs is 1. The number of hydrogen-bond donors (Lipinski definition) is 2. The SMILES string of the molecule is Cc1c(CNC(=O)C2CC(F)(F)CN2)oc2ccccc12.Cl. The molecule has 2 N–H and O–H groups in total. The van der Waals surface area contributed by atoms with Crippen molar-refractivity contribution in [2.45, 2.75) is 31.9 Å². The molecule has 1 saturated heterocycles. The van der Waals surface area contributed by atoms with E-state index in [4.69, 9.17) is 4.42 Å². The molecule has 22 heavy (non-hydrogen) atoms. The van der Waals surface area contributed by atoms with Gasteiger partial charge in [0.05, 0.1) is 19.1 Å². The number of nitrogens with one attached hydrogen (secondary N) is 2. The molecule has 1 aromatic carbocycles. The first-order valence-corrected chi connectivity index (χ1v) is 6.82. The van der Waals surface area contributed by atoms with Gasteiger partial charge in [-0.15, -0.1) is 12.4 Å². The summed E-state index contributed by atoms with van der Waals surface area (Å²) in [5.74, 6) is -2.58. The Morgan fingerprint density at radius 1 is 1.45 bits per heavy atom. The number of para-hydroxylation sites is 1. The molecule has 1 fully saturated rings. The zero-order chi connectivity index (χ0) is 15.0. The molecule has 0 radical (unpaired) electrons. The summed E-state index contributed by atoms with van der Waals surface area (Å²) in [7, 11) is 0. The minimum Gasteiger partial charge on any atom is -0.459 e. The summed E-state index contributed by atoms with van der Waals surface area (Å²) >= 11 is 0. The maximum atomic E-state index is 13.1. The van der Waals surface area contributed by atoms with Crippen molar-refractivity contribution in [1.82, 2.24) is 10.6 Å². The normalized spacial score (nSPS) is 19.9. The van der Waals surface area contributed by atoms with Crippen LogP contribution in [0.25, 0.3) is 11.0 Å². The van der Waals surface area contributed by atoms with Gasteiger partial charge in [0.1, 0.15) is 11.3 Å². The largest absolute Gasteiger partial charge is 0.459 e. The van der Waals surface area contributed by atoms with Crippen LogP contribution in [0.15, 0.2) is 28.7 Å². The molecular formula is C15H17ClF2N2O2. The van der Waals surface area contributed by atoms with Crippen molar-refractivity contribution in [2.75, 3.05) is 6.54 Å². The number of rotatable bonds is 3. The predicted molar refractivity (Wildman–Crippen MR) is 81.4 cm³/mol. The summed E-state index contributed by atoms with van der Waals surface area (Å²) < 4.78 is 31.8. The van der Waals surface area contributed by atoms with Gasteiger partial charge < -0.3 is 9.73 Å². The fourth-order valence-corrected chi connectivity index (χ4v) is 2.59. The van der Waals surface area contributed by atoms with E-state index in [0.29, 0.717) is 5.76 Å². The topological polar surface area (TPSA) is 54.3 Å². The lowest BCUT2D eigenvalue weighted by Crippen LogP contribution is -2.40. The molecule has 4 nitrogen and oxygen atoms in total. The molecule has 2 heterocycles. The predicted octanol–water partition coefficient (Wildman–Crippen LogP) is 2.78. The van der Waals surface area contributed by atoms with E-state index < -0.39 is 30.8 Å². The maximum Gasteiger partial charge on any atom is 0.262 e. The van der Waals surface area contributed by atoms with Crippen LogP contribution < -0.4 is 10.6 Å². The first kappa shape index (κ1) is 16.7. The van der Waals surface area contributed by atoms with Crippen LogP contribution in [0.5, 0.6) is 0 Å². The molecular weight excluding hydrogens is 314 g/mol. The van der Waals surface area contributed by atoms with Crippen LogP contribution in [-0.2, 0) is 11.3 Å². The van der Waals surface area contributed by atoms with E-state index in [2.05, 4.69) is 10.6 Å². The Morgan fingerprint density at radius 2 is 2.18 bits per heavy atom. The quantitative estimate of drug-likeness (QED) is 0.910. The lowest BCUT2D eigenvalue weighted by atomic mass is 10.1. The van der Waals surface area contributed by atoms with E-state index in [1.165, 1.54) is 0 Å². The van der Waals surface area contributed by atoms with Gasteiger partial charge in [-0.25, -0.2) is 8.78 Å². The average Bonchev–Trinajstić information content (AvgIpc) is 2.97. The highest BCUT2D eigenvalue weighted by Crippen LogP contribution is 2.26. The molecule has 0 aliphatic carbocycles. The third kappa shape index (κ3) is 3.23. The molecule has 1 unspecified atom stereocenters. The number of halogens is 3. The van der Waals surface area contributed by atoms with E-state index in [-0.39, 0.29) is 19.0 Å². The van der Waals surface area contributed by atoms with Crippen LogP contribution in [0.3, 0.4) is 0 Å². The Balaban J connectivity index is 0.00000176. The minimum absolute atomic E-state index is 0. The van der Waals surface area contributed by atoms with E-state index in [0.717, 1.165) is 16.5 Å². The molecule has 1 aliphatic heterocycles. The summed E-state index contributed by atoms with van der Waals surface area (Å²) in [5, 5.41) is 6.18. The Labute approximate surface area is 132 Å². The molecule has 3 rings (SSSR count).